The highest BCUT2D eigenvalue weighted by Crippen LogP contribution is 2.29. The lowest BCUT2D eigenvalue weighted by atomic mass is 9.99. The summed E-state index contributed by atoms with van der Waals surface area (Å²) in [5.41, 5.74) is 8.41. The topological polar surface area (TPSA) is 81.2 Å². The number of hydrogen-bond donors (Lipinski definition) is 2. The molecule has 1 amide bonds. The average Bonchev–Trinajstić information content (AvgIpc) is 2.75. The molecule has 0 bridgehead atoms. The molecule has 1 aromatic heterocycles. The van der Waals surface area contributed by atoms with Crippen LogP contribution in [0.3, 0.4) is 0 Å². The van der Waals surface area contributed by atoms with E-state index in [1.165, 1.54) is 0 Å². The van der Waals surface area contributed by atoms with Gasteiger partial charge in [0.2, 0.25) is 5.91 Å². The Hall–Kier alpha value is -2.30. The summed E-state index contributed by atoms with van der Waals surface area (Å²) in [4.78, 5) is 11.2. The quantitative estimate of drug-likeness (QED) is 0.781. The third-order valence-corrected chi connectivity index (χ3v) is 2.81. The standard InChI is InChI=1S/C12H11N3O2/c13-11-6-10(17-15-11)8-1-3-9-7(5-8)2-4-12(16)14-9/h1,3,5-6H,2,4H2,(H2,13,15)(H,14,16). The van der Waals surface area contributed by atoms with Crippen LogP contribution in [-0.4, -0.2) is 11.1 Å². The predicted molar refractivity (Wildman–Crippen MR) is 63.3 cm³/mol. The Kier molecular flexibility index (Phi) is 2.11. The van der Waals surface area contributed by atoms with E-state index in [4.69, 9.17) is 10.3 Å². The van der Waals surface area contributed by atoms with Crippen molar-refractivity contribution >= 4 is 17.4 Å². The van der Waals surface area contributed by atoms with Gasteiger partial charge in [-0.2, -0.15) is 0 Å². The first-order valence-electron chi connectivity index (χ1n) is 5.38. The molecule has 5 heteroatoms. The summed E-state index contributed by atoms with van der Waals surface area (Å²) in [7, 11) is 0. The molecule has 0 aliphatic carbocycles. The van der Waals surface area contributed by atoms with Crippen molar-refractivity contribution in [3.8, 4) is 11.3 Å². The summed E-state index contributed by atoms with van der Waals surface area (Å²) in [6.07, 6.45) is 1.27. The van der Waals surface area contributed by atoms with Crippen LogP contribution in [0.4, 0.5) is 11.5 Å². The van der Waals surface area contributed by atoms with Crippen molar-refractivity contribution in [2.45, 2.75) is 12.8 Å². The lowest BCUT2D eigenvalue weighted by Crippen LogP contribution is -2.18. The maximum Gasteiger partial charge on any atom is 0.224 e. The normalized spacial score (nSPS) is 14.2. The molecule has 0 atom stereocenters. The first-order chi connectivity index (χ1) is 8.22. The summed E-state index contributed by atoms with van der Waals surface area (Å²) < 4.78 is 5.10. The van der Waals surface area contributed by atoms with Crippen LogP contribution in [0.15, 0.2) is 28.8 Å². The molecule has 0 fully saturated rings. The Balaban J connectivity index is 2.01. The second-order valence-corrected chi connectivity index (χ2v) is 4.04. The van der Waals surface area contributed by atoms with E-state index in [1.54, 1.807) is 6.07 Å². The molecule has 2 heterocycles. The highest BCUT2D eigenvalue weighted by Gasteiger charge is 2.16. The van der Waals surface area contributed by atoms with E-state index in [0.717, 1.165) is 23.2 Å². The average molecular weight is 229 g/mol. The van der Waals surface area contributed by atoms with Crippen LogP contribution in [-0.2, 0) is 11.2 Å². The summed E-state index contributed by atoms with van der Waals surface area (Å²) in [5.74, 6) is 1.07. The second-order valence-electron chi connectivity index (χ2n) is 4.04. The Morgan fingerprint density at radius 3 is 2.94 bits per heavy atom. The van der Waals surface area contributed by atoms with E-state index in [1.807, 2.05) is 18.2 Å². The predicted octanol–water partition coefficient (Wildman–Crippen LogP) is 1.81. The summed E-state index contributed by atoms with van der Waals surface area (Å²) in [6, 6.07) is 7.43. The fourth-order valence-electron chi connectivity index (χ4n) is 1.96. The first kappa shape index (κ1) is 9.89. The number of nitrogens with zero attached hydrogens (tertiary/aromatic N) is 1. The molecular formula is C12H11N3O2. The maximum atomic E-state index is 11.2. The molecule has 2 aromatic rings. The van der Waals surface area contributed by atoms with E-state index in [-0.39, 0.29) is 5.91 Å². The molecule has 0 saturated heterocycles. The highest BCUT2D eigenvalue weighted by molar-refractivity contribution is 5.94. The number of carbonyl (C=O) groups is 1. The number of carbonyl (C=O) groups excluding carboxylic acids is 1. The van der Waals surface area contributed by atoms with Crippen molar-refractivity contribution in [2.75, 3.05) is 11.1 Å². The van der Waals surface area contributed by atoms with Crippen LogP contribution in [0.1, 0.15) is 12.0 Å². The van der Waals surface area contributed by atoms with E-state index < -0.39 is 0 Å². The molecular weight excluding hydrogens is 218 g/mol. The van der Waals surface area contributed by atoms with Gasteiger partial charge in [0.15, 0.2) is 11.6 Å². The molecule has 3 rings (SSSR count). The summed E-state index contributed by atoms with van der Waals surface area (Å²) in [6.45, 7) is 0. The molecule has 1 aliphatic heterocycles. The van der Waals surface area contributed by atoms with Crippen molar-refractivity contribution in [1.29, 1.82) is 0 Å². The molecule has 0 radical (unpaired) electrons. The lowest BCUT2D eigenvalue weighted by Gasteiger charge is -2.16. The molecule has 3 N–H and O–H groups in total. The monoisotopic (exact) mass is 229 g/mol. The SMILES string of the molecule is Nc1cc(-c2ccc3c(c2)CCC(=O)N3)on1. The number of aryl methyl sites for hydroxylation is 1. The van der Waals surface area contributed by atoms with Crippen LogP contribution in [0.5, 0.6) is 0 Å². The third-order valence-electron chi connectivity index (χ3n) is 2.81. The van der Waals surface area contributed by atoms with Gasteiger partial charge in [0.05, 0.1) is 0 Å². The number of nitrogen functional groups attached to an aromatic ring is 1. The number of nitrogens with two attached hydrogens (primary N) is 1. The van der Waals surface area contributed by atoms with E-state index in [0.29, 0.717) is 18.0 Å². The highest BCUT2D eigenvalue weighted by atomic mass is 16.5. The van der Waals surface area contributed by atoms with E-state index in [9.17, 15) is 4.79 Å². The molecule has 0 spiro atoms. The molecule has 86 valence electrons. The molecule has 17 heavy (non-hydrogen) atoms. The van der Waals surface area contributed by atoms with Crippen LogP contribution in [0, 0.1) is 0 Å². The van der Waals surface area contributed by atoms with Gasteiger partial charge >= 0.3 is 0 Å². The number of rotatable bonds is 1. The molecule has 1 aromatic carbocycles. The summed E-state index contributed by atoms with van der Waals surface area (Å²) >= 11 is 0. The minimum atomic E-state index is 0.0640. The lowest BCUT2D eigenvalue weighted by molar-refractivity contribution is -0.116. The Labute approximate surface area is 97.6 Å². The van der Waals surface area contributed by atoms with Crippen molar-refractivity contribution in [2.24, 2.45) is 0 Å². The Morgan fingerprint density at radius 1 is 1.29 bits per heavy atom. The van der Waals surface area contributed by atoms with Crippen molar-refractivity contribution in [1.82, 2.24) is 5.16 Å². The zero-order valence-electron chi connectivity index (χ0n) is 9.06. The number of aromatic nitrogens is 1. The van der Waals surface area contributed by atoms with Gasteiger partial charge in [-0.05, 0) is 30.2 Å². The maximum absolute atomic E-state index is 11.2. The van der Waals surface area contributed by atoms with Crippen LogP contribution in [0.2, 0.25) is 0 Å². The number of fused-ring (bicyclic) bond motifs is 1. The number of anilines is 2. The summed E-state index contributed by atoms with van der Waals surface area (Å²) in [5, 5.41) is 6.48. The van der Waals surface area contributed by atoms with Crippen molar-refractivity contribution in [3.05, 3.63) is 29.8 Å². The van der Waals surface area contributed by atoms with Gasteiger partial charge < -0.3 is 15.6 Å². The molecule has 1 aliphatic rings. The number of nitrogens with one attached hydrogen (secondary N) is 1. The molecule has 0 saturated carbocycles. The van der Waals surface area contributed by atoms with Gasteiger partial charge in [-0.15, -0.1) is 0 Å². The fourth-order valence-corrected chi connectivity index (χ4v) is 1.96. The smallest absolute Gasteiger partial charge is 0.224 e. The number of amides is 1. The third kappa shape index (κ3) is 1.75. The van der Waals surface area contributed by atoms with Gasteiger partial charge in [0, 0.05) is 23.7 Å². The van der Waals surface area contributed by atoms with Gasteiger partial charge in [-0.25, -0.2) is 0 Å². The van der Waals surface area contributed by atoms with Crippen molar-refractivity contribution in [3.63, 3.8) is 0 Å². The van der Waals surface area contributed by atoms with Crippen LogP contribution < -0.4 is 11.1 Å². The van der Waals surface area contributed by atoms with Crippen LogP contribution >= 0.6 is 0 Å². The molecule has 0 unspecified atom stereocenters. The zero-order chi connectivity index (χ0) is 11.8. The fraction of sp³-hybridized carbons (Fsp3) is 0.167. The largest absolute Gasteiger partial charge is 0.381 e. The number of hydrogen-bond acceptors (Lipinski definition) is 4. The van der Waals surface area contributed by atoms with E-state index in [2.05, 4.69) is 10.5 Å². The zero-order valence-corrected chi connectivity index (χ0v) is 9.06. The second kappa shape index (κ2) is 3.62. The van der Waals surface area contributed by atoms with Crippen molar-refractivity contribution < 1.29 is 9.32 Å². The van der Waals surface area contributed by atoms with Gasteiger partial charge in [-0.3, -0.25) is 4.79 Å². The first-order valence-corrected chi connectivity index (χ1v) is 5.38. The number of benzene rings is 1. The minimum absolute atomic E-state index is 0.0640. The minimum Gasteiger partial charge on any atom is -0.381 e. The Bertz CT molecular complexity index is 589. The van der Waals surface area contributed by atoms with E-state index >= 15 is 0 Å². The Morgan fingerprint density at radius 2 is 2.18 bits per heavy atom. The van der Waals surface area contributed by atoms with Gasteiger partial charge in [0.1, 0.15) is 0 Å². The van der Waals surface area contributed by atoms with Gasteiger partial charge in [-0.1, -0.05) is 5.16 Å². The van der Waals surface area contributed by atoms with Gasteiger partial charge in [0.25, 0.3) is 0 Å². The molecule has 5 nitrogen and oxygen atoms in total. The van der Waals surface area contributed by atoms with Crippen LogP contribution in [0.25, 0.3) is 11.3 Å².